The van der Waals surface area contributed by atoms with Crippen molar-refractivity contribution in [2.45, 2.75) is 59.4 Å². The van der Waals surface area contributed by atoms with Gasteiger partial charge in [-0.2, -0.15) is 0 Å². The van der Waals surface area contributed by atoms with Gasteiger partial charge in [0.2, 0.25) is 5.91 Å². The fraction of sp³-hybridized carbons (Fsp3) is 0.636. The van der Waals surface area contributed by atoms with Gasteiger partial charge < -0.3 is 19.7 Å². The molecule has 0 unspecified atom stereocenters. The second-order valence-corrected chi connectivity index (χ2v) is 7.11. The smallest absolute Gasteiger partial charge is 0.251 e. The van der Waals surface area contributed by atoms with Crippen LogP contribution in [0.15, 0.2) is 18.2 Å². The van der Waals surface area contributed by atoms with Gasteiger partial charge >= 0.3 is 0 Å². The molecule has 1 fully saturated rings. The third-order valence-electron chi connectivity index (χ3n) is 5.28. The Morgan fingerprint density at radius 2 is 1.64 bits per heavy atom. The van der Waals surface area contributed by atoms with E-state index in [9.17, 15) is 9.59 Å². The van der Waals surface area contributed by atoms with Crippen molar-refractivity contribution >= 4 is 11.8 Å². The normalized spacial score (nSPS) is 14.8. The highest BCUT2D eigenvalue weighted by molar-refractivity contribution is 5.95. The molecule has 0 bridgehead atoms. The minimum absolute atomic E-state index is 0.0837. The summed E-state index contributed by atoms with van der Waals surface area (Å²) in [5, 5.41) is 3.10. The minimum Gasteiger partial charge on any atom is -0.490 e. The van der Waals surface area contributed by atoms with Gasteiger partial charge in [-0.1, -0.05) is 13.8 Å². The lowest BCUT2D eigenvalue weighted by molar-refractivity contribution is -0.136. The second kappa shape index (κ2) is 10.9. The van der Waals surface area contributed by atoms with Gasteiger partial charge in [0.25, 0.3) is 5.91 Å². The standard InChI is InChI=1S/C22H34N2O4/c1-5-16(6-2)22(26)24-13-11-18(12-14-24)23-21(25)17-9-10-19(27-7-3)20(15-17)28-8-4/h9-10,15-16,18H,5-8,11-14H2,1-4H3,(H,23,25). The largest absolute Gasteiger partial charge is 0.490 e. The Balaban J connectivity index is 1.93. The van der Waals surface area contributed by atoms with Crippen LogP contribution in [0.5, 0.6) is 11.5 Å². The number of carbonyl (C=O) groups excluding carboxylic acids is 2. The van der Waals surface area contributed by atoms with Crippen LogP contribution in [0, 0.1) is 5.92 Å². The average molecular weight is 391 g/mol. The van der Waals surface area contributed by atoms with E-state index in [1.807, 2.05) is 18.7 Å². The number of rotatable bonds is 9. The van der Waals surface area contributed by atoms with Gasteiger partial charge in [-0.3, -0.25) is 9.59 Å². The molecule has 2 rings (SSSR count). The molecule has 28 heavy (non-hydrogen) atoms. The van der Waals surface area contributed by atoms with Crippen LogP contribution in [0.2, 0.25) is 0 Å². The first-order valence-electron chi connectivity index (χ1n) is 10.5. The number of hydrogen-bond acceptors (Lipinski definition) is 4. The summed E-state index contributed by atoms with van der Waals surface area (Å²) in [5.74, 6) is 1.49. The fourth-order valence-corrected chi connectivity index (χ4v) is 3.60. The molecule has 1 aliphatic heterocycles. The van der Waals surface area contributed by atoms with Gasteiger partial charge in [-0.15, -0.1) is 0 Å². The molecule has 1 saturated heterocycles. The van der Waals surface area contributed by atoms with Crippen molar-refractivity contribution in [2.24, 2.45) is 5.92 Å². The number of benzene rings is 1. The highest BCUT2D eigenvalue weighted by Gasteiger charge is 2.27. The van der Waals surface area contributed by atoms with Crippen molar-refractivity contribution in [1.82, 2.24) is 10.2 Å². The summed E-state index contributed by atoms with van der Waals surface area (Å²) in [6.45, 7) is 10.4. The SMILES string of the molecule is CCOc1ccc(C(=O)NC2CCN(C(=O)C(CC)CC)CC2)cc1OCC. The molecule has 1 aliphatic rings. The molecule has 1 aromatic carbocycles. The minimum atomic E-state index is -0.117. The van der Waals surface area contributed by atoms with Gasteiger partial charge in [-0.05, 0) is 57.7 Å². The third-order valence-corrected chi connectivity index (χ3v) is 5.28. The van der Waals surface area contributed by atoms with Gasteiger partial charge in [0, 0.05) is 30.6 Å². The van der Waals surface area contributed by atoms with Gasteiger partial charge in [-0.25, -0.2) is 0 Å². The molecule has 6 nitrogen and oxygen atoms in total. The summed E-state index contributed by atoms with van der Waals surface area (Å²) >= 11 is 0. The van der Waals surface area contributed by atoms with Crippen LogP contribution in [0.4, 0.5) is 0 Å². The van der Waals surface area contributed by atoms with Crippen molar-refractivity contribution in [2.75, 3.05) is 26.3 Å². The molecule has 0 atom stereocenters. The zero-order valence-corrected chi connectivity index (χ0v) is 17.6. The van der Waals surface area contributed by atoms with Crippen LogP contribution in [-0.4, -0.2) is 49.1 Å². The summed E-state index contributed by atoms with van der Waals surface area (Å²) in [5.41, 5.74) is 0.558. The predicted molar refractivity (Wildman–Crippen MR) is 110 cm³/mol. The van der Waals surface area contributed by atoms with Crippen LogP contribution >= 0.6 is 0 Å². The number of piperidine rings is 1. The first kappa shape index (κ1) is 22.1. The molecular weight excluding hydrogens is 356 g/mol. The van der Waals surface area contributed by atoms with Crippen LogP contribution in [0.3, 0.4) is 0 Å². The Hall–Kier alpha value is -2.24. The number of hydrogen-bond donors (Lipinski definition) is 1. The predicted octanol–water partition coefficient (Wildman–Crippen LogP) is 3.64. The molecule has 156 valence electrons. The Labute approximate surface area is 168 Å². The maximum Gasteiger partial charge on any atom is 0.251 e. The van der Waals surface area contributed by atoms with Crippen LogP contribution in [0.1, 0.15) is 63.7 Å². The molecule has 0 aliphatic carbocycles. The van der Waals surface area contributed by atoms with E-state index in [1.165, 1.54) is 0 Å². The van der Waals surface area contributed by atoms with E-state index < -0.39 is 0 Å². The lowest BCUT2D eigenvalue weighted by atomic mass is 9.98. The first-order chi connectivity index (χ1) is 13.5. The van der Waals surface area contributed by atoms with Crippen molar-refractivity contribution in [3.63, 3.8) is 0 Å². The summed E-state index contributed by atoms with van der Waals surface area (Å²) in [6.07, 6.45) is 3.33. The van der Waals surface area contributed by atoms with E-state index in [1.54, 1.807) is 18.2 Å². The van der Waals surface area contributed by atoms with E-state index in [-0.39, 0.29) is 23.8 Å². The number of nitrogens with zero attached hydrogens (tertiary/aromatic N) is 1. The number of nitrogens with one attached hydrogen (secondary N) is 1. The monoisotopic (exact) mass is 390 g/mol. The Kier molecular flexibility index (Phi) is 8.61. The van der Waals surface area contributed by atoms with E-state index in [0.717, 1.165) is 25.7 Å². The second-order valence-electron chi connectivity index (χ2n) is 7.11. The topological polar surface area (TPSA) is 67.9 Å². The van der Waals surface area contributed by atoms with Gasteiger partial charge in [0.1, 0.15) is 0 Å². The van der Waals surface area contributed by atoms with E-state index >= 15 is 0 Å². The molecule has 1 aromatic rings. The number of likely N-dealkylation sites (tertiary alicyclic amines) is 1. The fourth-order valence-electron chi connectivity index (χ4n) is 3.60. The highest BCUT2D eigenvalue weighted by Crippen LogP contribution is 2.28. The number of carbonyl (C=O) groups is 2. The van der Waals surface area contributed by atoms with E-state index in [0.29, 0.717) is 43.4 Å². The maximum absolute atomic E-state index is 12.7. The quantitative estimate of drug-likeness (QED) is 0.699. The molecule has 1 N–H and O–H groups in total. The zero-order chi connectivity index (χ0) is 20.5. The van der Waals surface area contributed by atoms with Crippen LogP contribution in [0.25, 0.3) is 0 Å². The third kappa shape index (κ3) is 5.63. The molecule has 0 spiro atoms. The van der Waals surface area contributed by atoms with Crippen molar-refractivity contribution in [3.05, 3.63) is 23.8 Å². The summed E-state index contributed by atoms with van der Waals surface area (Å²) in [7, 11) is 0. The Morgan fingerprint density at radius 1 is 1.04 bits per heavy atom. The zero-order valence-electron chi connectivity index (χ0n) is 17.6. The maximum atomic E-state index is 12.7. The molecule has 1 heterocycles. The van der Waals surface area contributed by atoms with Crippen molar-refractivity contribution in [1.29, 1.82) is 0 Å². The molecule has 2 amide bonds. The summed E-state index contributed by atoms with van der Waals surface area (Å²) < 4.78 is 11.2. The van der Waals surface area contributed by atoms with Gasteiger partial charge in [0.15, 0.2) is 11.5 Å². The molecule has 6 heteroatoms. The average Bonchev–Trinajstić information content (AvgIpc) is 2.71. The van der Waals surface area contributed by atoms with Crippen LogP contribution < -0.4 is 14.8 Å². The number of ether oxygens (including phenoxy) is 2. The molecule has 0 aromatic heterocycles. The van der Waals surface area contributed by atoms with E-state index in [2.05, 4.69) is 19.2 Å². The molecular formula is C22H34N2O4. The van der Waals surface area contributed by atoms with E-state index in [4.69, 9.17) is 9.47 Å². The Bertz CT molecular complexity index is 650. The van der Waals surface area contributed by atoms with Crippen molar-refractivity contribution < 1.29 is 19.1 Å². The lowest BCUT2D eigenvalue weighted by Gasteiger charge is -2.34. The van der Waals surface area contributed by atoms with Gasteiger partial charge in [0.05, 0.1) is 13.2 Å². The Morgan fingerprint density at radius 3 is 2.21 bits per heavy atom. The van der Waals surface area contributed by atoms with Crippen LogP contribution in [-0.2, 0) is 4.79 Å². The highest BCUT2D eigenvalue weighted by atomic mass is 16.5. The summed E-state index contributed by atoms with van der Waals surface area (Å²) in [6, 6.07) is 5.35. The summed E-state index contributed by atoms with van der Waals surface area (Å²) in [4.78, 5) is 27.1. The first-order valence-corrected chi connectivity index (χ1v) is 10.5. The molecule has 0 radical (unpaired) electrons. The van der Waals surface area contributed by atoms with Crippen molar-refractivity contribution in [3.8, 4) is 11.5 Å². The molecule has 0 saturated carbocycles. The lowest BCUT2D eigenvalue weighted by Crippen LogP contribution is -2.48. The number of amides is 2.